The third-order valence-corrected chi connectivity index (χ3v) is 3.61. The van der Waals surface area contributed by atoms with Gasteiger partial charge in [-0.3, -0.25) is 0 Å². The van der Waals surface area contributed by atoms with Gasteiger partial charge in [-0.15, -0.1) is 0 Å². The van der Waals surface area contributed by atoms with Crippen LogP contribution in [0.15, 0.2) is 0 Å². The van der Waals surface area contributed by atoms with Crippen LogP contribution in [0.4, 0.5) is 0 Å². The third-order valence-electron chi connectivity index (χ3n) is 3.61. The molecule has 0 aromatic rings. The molecular weight excluding hydrogens is 236 g/mol. The van der Waals surface area contributed by atoms with Crippen LogP contribution < -0.4 is 10.6 Å². The van der Waals surface area contributed by atoms with Crippen LogP contribution in [-0.2, 0) is 0 Å². The van der Waals surface area contributed by atoms with Gasteiger partial charge in [0, 0.05) is 13.1 Å². The van der Waals surface area contributed by atoms with Crippen LogP contribution in [0.5, 0.6) is 0 Å². The fourth-order valence-corrected chi connectivity index (χ4v) is 2.14. The molecule has 0 atom stereocenters. The van der Waals surface area contributed by atoms with E-state index in [4.69, 9.17) is 0 Å². The Balaban J connectivity index is 3.18. The summed E-state index contributed by atoms with van der Waals surface area (Å²) in [6.07, 6.45) is 3.85. The lowest BCUT2D eigenvalue weighted by atomic mass is 10.3. The number of likely N-dealkylation sites (N-methyl/N-ethyl adjacent to an activating group) is 2. The summed E-state index contributed by atoms with van der Waals surface area (Å²) >= 11 is 0. The summed E-state index contributed by atoms with van der Waals surface area (Å²) in [5, 5.41) is 6.73. The van der Waals surface area contributed by atoms with Crippen molar-refractivity contribution in [2.45, 2.75) is 33.1 Å². The Morgan fingerprint density at radius 1 is 0.789 bits per heavy atom. The van der Waals surface area contributed by atoms with Gasteiger partial charge in [-0.1, -0.05) is 13.8 Å². The second-order valence-corrected chi connectivity index (χ2v) is 5.24. The summed E-state index contributed by atoms with van der Waals surface area (Å²) in [6, 6.07) is 0. The Labute approximate surface area is 120 Å². The number of hydrogen-bond acceptors (Lipinski definition) is 4. The van der Waals surface area contributed by atoms with Crippen LogP contribution in [0.25, 0.3) is 0 Å². The molecule has 0 spiro atoms. The van der Waals surface area contributed by atoms with Crippen molar-refractivity contribution in [3.05, 3.63) is 0 Å². The number of rotatable bonds is 14. The average Bonchev–Trinajstić information content (AvgIpc) is 2.43. The van der Waals surface area contributed by atoms with Crippen molar-refractivity contribution in [1.82, 2.24) is 20.4 Å². The molecule has 0 radical (unpaired) electrons. The molecule has 0 bridgehead atoms. The molecule has 0 amide bonds. The minimum atomic E-state index is 1.08. The maximum atomic E-state index is 3.55. The quantitative estimate of drug-likeness (QED) is 0.466. The molecule has 0 aliphatic rings. The highest BCUT2D eigenvalue weighted by Gasteiger charge is 1.98. The van der Waals surface area contributed by atoms with Crippen molar-refractivity contribution in [2.75, 3.05) is 66.5 Å². The fraction of sp³-hybridized carbons (Fsp3) is 1.00. The van der Waals surface area contributed by atoms with E-state index >= 15 is 0 Å². The van der Waals surface area contributed by atoms with Gasteiger partial charge < -0.3 is 20.4 Å². The summed E-state index contributed by atoms with van der Waals surface area (Å²) < 4.78 is 0. The van der Waals surface area contributed by atoms with Gasteiger partial charge in [-0.2, -0.15) is 0 Å². The van der Waals surface area contributed by atoms with Gasteiger partial charge in [-0.05, 0) is 72.6 Å². The first kappa shape index (κ1) is 18.8. The van der Waals surface area contributed by atoms with Crippen LogP contribution in [0.3, 0.4) is 0 Å². The summed E-state index contributed by atoms with van der Waals surface area (Å²) in [6.45, 7) is 13.8. The normalized spacial score (nSPS) is 11.7. The molecular formula is C15H36N4. The summed E-state index contributed by atoms with van der Waals surface area (Å²) in [5.74, 6) is 0. The minimum absolute atomic E-state index is 1.08. The summed E-state index contributed by atoms with van der Waals surface area (Å²) in [5.41, 5.74) is 0. The van der Waals surface area contributed by atoms with Gasteiger partial charge in [0.15, 0.2) is 0 Å². The molecule has 0 saturated carbocycles. The van der Waals surface area contributed by atoms with E-state index in [0.29, 0.717) is 0 Å². The number of hydrogen-bond donors (Lipinski definition) is 2. The summed E-state index contributed by atoms with van der Waals surface area (Å²) in [4.78, 5) is 4.88. The van der Waals surface area contributed by atoms with Crippen LogP contribution in [0, 0.1) is 0 Å². The lowest BCUT2D eigenvalue weighted by Crippen LogP contribution is -2.29. The van der Waals surface area contributed by atoms with Crippen LogP contribution >= 0.6 is 0 Å². The van der Waals surface area contributed by atoms with E-state index in [1.165, 1.54) is 45.4 Å². The molecule has 0 heterocycles. The molecule has 0 aliphatic heterocycles. The molecule has 2 N–H and O–H groups in total. The second-order valence-electron chi connectivity index (χ2n) is 5.24. The highest BCUT2D eigenvalue weighted by atomic mass is 15.1. The van der Waals surface area contributed by atoms with Crippen LogP contribution in [0.1, 0.15) is 33.1 Å². The van der Waals surface area contributed by atoms with E-state index in [0.717, 1.165) is 26.2 Å². The van der Waals surface area contributed by atoms with Crippen molar-refractivity contribution in [3.63, 3.8) is 0 Å². The molecule has 116 valence electrons. The van der Waals surface area contributed by atoms with E-state index in [9.17, 15) is 0 Å². The van der Waals surface area contributed by atoms with E-state index in [1.54, 1.807) is 0 Å². The highest BCUT2D eigenvalue weighted by molar-refractivity contribution is 4.57. The zero-order valence-electron chi connectivity index (χ0n) is 13.7. The Kier molecular flexibility index (Phi) is 14.1. The predicted molar refractivity (Wildman–Crippen MR) is 85.9 cm³/mol. The fourth-order valence-electron chi connectivity index (χ4n) is 2.14. The molecule has 0 unspecified atom stereocenters. The number of nitrogens with one attached hydrogen (secondary N) is 2. The molecule has 0 saturated heterocycles. The van der Waals surface area contributed by atoms with Gasteiger partial charge in [-0.25, -0.2) is 0 Å². The van der Waals surface area contributed by atoms with E-state index in [2.05, 4.69) is 41.3 Å². The van der Waals surface area contributed by atoms with Crippen LogP contribution in [0.2, 0.25) is 0 Å². The molecule has 4 heteroatoms. The van der Waals surface area contributed by atoms with Crippen molar-refractivity contribution in [2.24, 2.45) is 0 Å². The SMILES string of the molecule is CCN(CC)CCCNCCCCN(C)CCNC. The number of nitrogens with zero attached hydrogens (tertiary/aromatic N) is 2. The largest absolute Gasteiger partial charge is 0.318 e. The first-order chi connectivity index (χ1) is 9.24. The van der Waals surface area contributed by atoms with Crippen molar-refractivity contribution >= 4 is 0 Å². The zero-order valence-corrected chi connectivity index (χ0v) is 13.7. The Hall–Kier alpha value is -0.160. The van der Waals surface area contributed by atoms with E-state index in [1.807, 2.05) is 7.05 Å². The van der Waals surface area contributed by atoms with E-state index in [-0.39, 0.29) is 0 Å². The molecule has 0 aliphatic carbocycles. The lowest BCUT2D eigenvalue weighted by molar-refractivity contribution is 0.297. The zero-order chi connectivity index (χ0) is 14.3. The van der Waals surface area contributed by atoms with Crippen molar-refractivity contribution < 1.29 is 0 Å². The van der Waals surface area contributed by atoms with Gasteiger partial charge in [0.1, 0.15) is 0 Å². The topological polar surface area (TPSA) is 30.5 Å². The second kappa shape index (κ2) is 14.3. The molecule has 0 fully saturated rings. The molecule has 19 heavy (non-hydrogen) atoms. The Morgan fingerprint density at radius 3 is 2.11 bits per heavy atom. The maximum absolute atomic E-state index is 3.55. The Bertz CT molecular complexity index is 172. The van der Waals surface area contributed by atoms with Crippen molar-refractivity contribution in [1.29, 1.82) is 0 Å². The minimum Gasteiger partial charge on any atom is -0.318 e. The molecule has 0 aromatic carbocycles. The average molecular weight is 272 g/mol. The predicted octanol–water partition coefficient (Wildman–Crippen LogP) is 1.24. The summed E-state index contributed by atoms with van der Waals surface area (Å²) in [7, 11) is 4.21. The molecule has 0 aromatic heterocycles. The smallest absolute Gasteiger partial charge is 0.0104 e. The van der Waals surface area contributed by atoms with Gasteiger partial charge in [0.05, 0.1) is 0 Å². The lowest BCUT2D eigenvalue weighted by Gasteiger charge is -2.18. The molecule has 4 nitrogen and oxygen atoms in total. The van der Waals surface area contributed by atoms with Gasteiger partial charge >= 0.3 is 0 Å². The number of unbranched alkanes of at least 4 members (excludes halogenated alkanes) is 1. The first-order valence-corrected chi connectivity index (χ1v) is 8.00. The standard InChI is InChI=1S/C15H36N4/c1-5-19(6-2)14-9-11-17-10-7-8-13-18(4)15-12-16-3/h16-17H,5-15H2,1-4H3. The van der Waals surface area contributed by atoms with E-state index < -0.39 is 0 Å². The molecule has 0 rings (SSSR count). The first-order valence-electron chi connectivity index (χ1n) is 8.00. The van der Waals surface area contributed by atoms with Crippen molar-refractivity contribution in [3.8, 4) is 0 Å². The third kappa shape index (κ3) is 12.6. The Morgan fingerprint density at radius 2 is 1.47 bits per heavy atom. The van der Waals surface area contributed by atoms with Gasteiger partial charge in [0.2, 0.25) is 0 Å². The van der Waals surface area contributed by atoms with Gasteiger partial charge in [0.25, 0.3) is 0 Å². The monoisotopic (exact) mass is 272 g/mol. The maximum Gasteiger partial charge on any atom is 0.0104 e. The van der Waals surface area contributed by atoms with Crippen LogP contribution in [-0.4, -0.2) is 76.3 Å². The highest BCUT2D eigenvalue weighted by Crippen LogP contribution is 1.92.